The Balaban J connectivity index is 2.30. The highest BCUT2D eigenvalue weighted by Gasteiger charge is 2.25. The second kappa shape index (κ2) is 8.92. The zero-order valence-corrected chi connectivity index (χ0v) is 12.7. The van der Waals surface area contributed by atoms with Crippen LogP contribution >= 0.6 is 0 Å². The van der Waals surface area contributed by atoms with Gasteiger partial charge in [0.15, 0.2) is 0 Å². The van der Waals surface area contributed by atoms with E-state index in [1.807, 2.05) is 11.8 Å². The van der Waals surface area contributed by atoms with Crippen molar-refractivity contribution in [2.24, 2.45) is 5.73 Å². The van der Waals surface area contributed by atoms with Crippen LogP contribution in [0.15, 0.2) is 0 Å². The van der Waals surface area contributed by atoms with Crippen LogP contribution in [-0.2, 0) is 9.59 Å². The van der Waals surface area contributed by atoms with Crippen molar-refractivity contribution in [2.45, 2.75) is 39.2 Å². The summed E-state index contributed by atoms with van der Waals surface area (Å²) in [7, 11) is 0. The predicted octanol–water partition coefficient (Wildman–Crippen LogP) is -0.216. The number of unbranched alkanes of at least 4 members (excludes halogenated alkanes) is 1. The third kappa shape index (κ3) is 5.46. The lowest BCUT2D eigenvalue weighted by molar-refractivity contribution is -0.134. The predicted molar refractivity (Wildman–Crippen MR) is 79.2 cm³/mol. The highest BCUT2D eigenvalue weighted by Crippen LogP contribution is 2.06. The van der Waals surface area contributed by atoms with Gasteiger partial charge in [-0.1, -0.05) is 19.8 Å². The number of amides is 2. The Morgan fingerprint density at radius 3 is 2.40 bits per heavy atom. The summed E-state index contributed by atoms with van der Waals surface area (Å²) < 4.78 is 0. The standard InChI is InChI=1S/C14H28N4O2/c1-3-5-6-12(15)14(20)18-9-7-17(8-10-18)11-13(19)16-4-2/h12H,3-11,15H2,1-2H3,(H,16,19). The highest BCUT2D eigenvalue weighted by atomic mass is 16.2. The lowest BCUT2D eigenvalue weighted by Crippen LogP contribution is -2.54. The molecule has 1 unspecified atom stereocenters. The Morgan fingerprint density at radius 1 is 1.20 bits per heavy atom. The fourth-order valence-corrected chi connectivity index (χ4v) is 2.36. The van der Waals surface area contributed by atoms with Gasteiger partial charge in [-0.3, -0.25) is 14.5 Å². The van der Waals surface area contributed by atoms with Crippen molar-refractivity contribution in [1.29, 1.82) is 0 Å². The number of piperazine rings is 1. The number of hydrogen-bond donors (Lipinski definition) is 2. The van der Waals surface area contributed by atoms with Crippen LogP contribution in [0.3, 0.4) is 0 Å². The molecule has 20 heavy (non-hydrogen) atoms. The van der Waals surface area contributed by atoms with Gasteiger partial charge in [-0.15, -0.1) is 0 Å². The maximum absolute atomic E-state index is 12.1. The Bertz CT molecular complexity index is 314. The van der Waals surface area contributed by atoms with E-state index in [0.29, 0.717) is 26.2 Å². The van der Waals surface area contributed by atoms with Crippen LogP contribution < -0.4 is 11.1 Å². The van der Waals surface area contributed by atoms with E-state index < -0.39 is 0 Å². The molecule has 0 saturated carbocycles. The van der Waals surface area contributed by atoms with Gasteiger partial charge in [0.25, 0.3) is 0 Å². The Morgan fingerprint density at radius 2 is 1.85 bits per heavy atom. The number of likely N-dealkylation sites (N-methyl/N-ethyl adjacent to an activating group) is 1. The van der Waals surface area contributed by atoms with Gasteiger partial charge in [-0.2, -0.15) is 0 Å². The molecule has 1 heterocycles. The van der Waals surface area contributed by atoms with Gasteiger partial charge in [0, 0.05) is 32.7 Å². The topological polar surface area (TPSA) is 78.7 Å². The van der Waals surface area contributed by atoms with Gasteiger partial charge < -0.3 is 16.0 Å². The third-order valence-corrected chi connectivity index (χ3v) is 3.61. The molecule has 1 fully saturated rings. The molecule has 116 valence electrons. The largest absolute Gasteiger partial charge is 0.355 e. The van der Waals surface area contributed by atoms with Crippen molar-refractivity contribution in [3.05, 3.63) is 0 Å². The lowest BCUT2D eigenvalue weighted by Gasteiger charge is -2.35. The van der Waals surface area contributed by atoms with E-state index in [0.717, 1.165) is 32.4 Å². The van der Waals surface area contributed by atoms with E-state index >= 15 is 0 Å². The molecule has 0 bridgehead atoms. The summed E-state index contributed by atoms with van der Waals surface area (Å²) in [5.74, 6) is 0.100. The van der Waals surface area contributed by atoms with E-state index in [9.17, 15) is 9.59 Å². The Labute approximate surface area is 121 Å². The fourth-order valence-electron chi connectivity index (χ4n) is 2.36. The number of rotatable bonds is 7. The Hall–Kier alpha value is -1.14. The molecule has 0 aromatic rings. The molecule has 1 saturated heterocycles. The van der Waals surface area contributed by atoms with Crippen LogP contribution in [0.4, 0.5) is 0 Å². The molecule has 0 aromatic carbocycles. The monoisotopic (exact) mass is 284 g/mol. The minimum atomic E-state index is -0.370. The molecule has 0 aliphatic carbocycles. The highest BCUT2D eigenvalue weighted by molar-refractivity contribution is 5.82. The molecular weight excluding hydrogens is 256 g/mol. The van der Waals surface area contributed by atoms with Crippen LogP contribution in [-0.4, -0.2) is 66.9 Å². The maximum Gasteiger partial charge on any atom is 0.239 e. The second-order valence-electron chi connectivity index (χ2n) is 5.30. The first-order valence-corrected chi connectivity index (χ1v) is 7.61. The molecular formula is C14H28N4O2. The molecule has 1 rings (SSSR count). The second-order valence-corrected chi connectivity index (χ2v) is 5.30. The number of nitrogens with zero attached hydrogens (tertiary/aromatic N) is 2. The quantitative estimate of drug-likeness (QED) is 0.678. The van der Waals surface area contributed by atoms with E-state index in [1.165, 1.54) is 0 Å². The summed E-state index contributed by atoms with van der Waals surface area (Å²) in [5.41, 5.74) is 5.92. The number of nitrogens with two attached hydrogens (primary N) is 1. The molecule has 1 aliphatic heterocycles. The summed E-state index contributed by atoms with van der Waals surface area (Å²) in [6.45, 7) is 7.88. The average Bonchev–Trinajstić information content (AvgIpc) is 2.45. The van der Waals surface area contributed by atoms with E-state index in [4.69, 9.17) is 5.73 Å². The summed E-state index contributed by atoms with van der Waals surface area (Å²) >= 11 is 0. The summed E-state index contributed by atoms with van der Waals surface area (Å²) in [5, 5.41) is 2.79. The SMILES string of the molecule is CCCCC(N)C(=O)N1CCN(CC(=O)NCC)CC1. The van der Waals surface area contributed by atoms with Gasteiger partial charge in [0.2, 0.25) is 11.8 Å². The smallest absolute Gasteiger partial charge is 0.239 e. The van der Waals surface area contributed by atoms with Crippen molar-refractivity contribution in [3.63, 3.8) is 0 Å². The molecule has 2 amide bonds. The number of carbonyl (C=O) groups is 2. The van der Waals surface area contributed by atoms with Crippen LogP contribution in [0.1, 0.15) is 33.1 Å². The summed E-state index contributed by atoms with van der Waals surface area (Å²) in [4.78, 5) is 27.5. The molecule has 6 nitrogen and oxygen atoms in total. The van der Waals surface area contributed by atoms with Crippen LogP contribution in [0, 0.1) is 0 Å². The average molecular weight is 284 g/mol. The Kier molecular flexibility index (Phi) is 7.54. The van der Waals surface area contributed by atoms with Gasteiger partial charge in [0.1, 0.15) is 0 Å². The van der Waals surface area contributed by atoms with Crippen molar-refractivity contribution in [3.8, 4) is 0 Å². The minimum absolute atomic E-state index is 0.0481. The first-order chi connectivity index (χ1) is 9.58. The van der Waals surface area contributed by atoms with Crippen LogP contribution in [0.25, 0.3) is 0 Å². The maximum atomic E-state index is 12.1. The first-order valence-electron chi connectivity index (χ1n) is 7.61. The minimum Gasteiger partial charge on any atom is -0.355 e. The number of carbonyl (C=O) groups excluding carboxylic acids is 2. The van der Waals surface area contributed by atoms with Crippen molar-refractivity contribution in [2.75, 3.05) is 39.3 Å². The molecule has 0 radical (unpaired) electrons. The number of nitrogens with one attached hydrogen (secondary N) is 1. The molecule has 3 N–H and O–H groups in total. The van der Waals surface area contributed by atoms with E-state index in [-0.39, 0.29) is 17.9 Å². The van der Waals surface area contributed by atoms with Gasteiger partial charge >= 0.3 is 0 Å². The first kappa shape index (κ1) is 16.9. The van der Waals surface area contributed by atoms with Crippen LogP contribution in [0.5, 0.6) is 0 Å². The molecule has 0 spiro atoms. The third-order valence-electron chi connectivity index (χ3n) is 3.61. The van der Waals surface area contributed by atoms with Crippen LogP contribution in [0.2, 0.25) is 0 Å². The summed E-state index contributed by atoms with van der Waals surface area (Å²) in [6.07, 6.45) is 2.81. The van der Waals surface area contributed by atoms with E-state index in [1.54, 1.807) is 0 Å². The van der Waals surface area contributed by atoms with Gasteiger partial charge in [-0.05, 0) is 13.3 Å². The van der Waals surface area contributed by atoms with Crippen molar-refractivity contribution >= 4 is 11.8 Å². The zero-order chi connectivity index (χ0) is 15.0. The molecule has 1 atom stereocenters. The van der Waals surface area contributed by atoms with Crippen molar-refractivity contribution in [1.82, 2.24) is 15.1 Å². The lowest BCUT2D eigenvalue weighted by atomic mass is 10.1. The molecule has 1 aliphatic rings. The number of hydrogen-bond acceptors (Lipinski definition) is 4. The van der Waals surface area contributed by atoms with Crippen molar-refractivity contribution < 1.29 is 9.59 Å². The molecule has 6 heteroatoms. The summed E-state index contributed by atoms with van der Waals surface area (Å²) in [6, 6.07) is -0.370. The van der Waals surface area contributed by atoms with E-state index in [2.05, 4.69) is 17.1 Å². The molecule has 0 aromatic heterocycles. The fraction of sp³-hybridized carbons (Fsp3) is 0.857. The van der Waals surface area contributed by atoms with Gasteiger partial charge in [-0.25, -0.2) is 0 Å². The zero-order valence-electron chi connectivity index (χ0n) is 12.7. The normalized spacial score (nSPS) is 17.9. The van der Waals surface area contributed by atoms with Gasteiger partial charge in [0.05, 0.1) is 12.6 Å².